The van der Waals surface area contributed by atoms with Crippen LogP contribution in [0, 0.1) is 0 Å². The molecule has 1 amide bonds. The number of carbonyl (C=O) groups is 1. The molecule has 2 aromatic carbocycles. The molecular formula is C21H21ClF2N4O3S. The number of thioether (sulfide) groups is 1. The molecule has 0 unspecified atom stereocenters. The second kappa shape index (κ2) is 11.3. The van der Waals surface area contributed by atoms with E-state index in [1.807, 2.05) is 34.9 Å². The van der Waals surface area contributed by atoms with Crippen LogP contribution in [0.25, 0.3) is 11.4 Å². The molecule has 0 fully saturated rings. The highest BCUT2D eigenvalue weighted by atomic mass is 35.5. The smallest absolute Gasteiger partial charge is 0.387 e. The first kappa shape index (κ1) is 24.0. The quantitative estimate of drug-likeness (QED) is 0.411. The lowest BCUT2D eigenvalue weighted by Gasteiger charge is -2.14. The molecule has 0 aliphatic carbocycles. The Bertz CT molecular complexity index is 1050. The van der Waals surface area contributed by atoms with Crippen LogP contribution in [0.2, 0.25) is 5.02 Å². The summed E-state index contributed by atoms with van der Waals surface area (Å²) in [4.78, 5) is 12.7. The van der Waals surface area contributed by atoms with E-state index >= 15 is 0 Å². The first-order valence-corrected chi connectivity index (χ1v) is 10.8. The zero-order chi connectivity index (χ0) is 23.1. The molecular weight excluding hydrogens is 462 g/mol. The van der Waals surface area contributed by atoms with Gasteiger partial charge in [0.1, 0.15) is 5.75 Å². The number of carbonyl (C=O) groups excluding carboxylic acids is 1. The Balaban J connectivity index is 1.72. The molecule has 0 saturated heterocycles. The minimum atomic E-state index is -2.99. The number of hydrogen-bond acceptors (Lipinski definition) is 6. The molecule has 1 atom stereocenters. The maximum atomic E-state index is 12.7. The highest BCUT2D eigenvalue weighted by molar-refractivity contribution is 8.00. The molecule has 1 aromatic heterocycles. The van der Waals surface area contributed by atoms with Crippen molar-refractivity contribution in [2.45, 2.75) is 30.5 Å². The number of anilines is 1. The average molecular weight is 483 g/mol. The van der Waals surface area contributed by atoms with Crippen molar-refractivity contribution in [2.75, 3.05) is 19.0 Å². The Morgan fingerprint density at radius 3 is 2.62 bits per heavy atom. The van der Waals surface area contributed by atoms with Crippen LogP contribution in [0.4, 0.5) is 14.5 Å². The molecule has 170 valence electrons. The molecule has 0 bridgehead atoms. The van der Waals surface area contributed by atoms with Crippen molar-refractivity contribution in [3.05, 3.63) is 53.6 Å². The molecule has 11 heteroatoms. The summed E-state index contributed by atoms with van der Waals surface area (Å²) in [6.07, 6.45) is 0. The molecule has 0 spiro atoms. The number of methoxy groups -OCH3 is 1. The van der Waals surface area contributed by atoms with E-state index in [4.69, 9.17) is 16.3 Å². The lowest BCUT2D eigenvalue weighted by molar-refractivity contribution is -0.115. The Hall–Kier alpha value is -2.69. The summed E-state index contributed by atoms with van der Waals surface area (Å²) < 4.78 is 36.2. The van der Waals surface area contributed by atoms with Crippen molar-refractivity contribution in [2.24, 2.45) is 0 Å². The van der Waals surface area contributed by atoms with Gasteiger partial charge in [0.05, 0.1) is 23.4 Å². The monoisotopic (exact) mass is 482 g/mol. The highest BCUT2D eigenvalue weighted by Crippen LogP contribution is 2.30. The lowest BCUT2D eigenvalue weighted by Crippen LogP contribution is -2.23. The summed E-state index contributed by atoms with van der Waals surface area (Å²) in [6.45, 7) is -0.281. The molecule has 0 aliphatic heterocycles. The van der Waals surface area contributed by atoms with Crippen molar-refractivity contribution >= 4 is 35.0 Å². The van der Waals surface area contributed by atoms with Crippen molar-refractivity contribution in [1.29, 1.82) is 0 Å². The number of hydrogen-bond donors (Lipinski definition) is 1. The zero-order valence-corrected chi connectivity index (χ0v) is 18.9. The summed E-state index contributed by atoms with van der Waals surface area (Å²) in [5, 5.41) is 11.3. The zero-order valence-electron chi connectivity index (χ0n) is 17.3. The average Bonchev–Trinajstić information content (AvgIpc) is 3.16. The number of nitrogens with one attached hydrogen (secondary N) is 1. The van der Waals surface area contributed by atoms with Gasteiger partial charge < -0.3 is 14.8 Å². The number of aromatic nitrogens is 3. The van der Waals surface area contributed by atoms with Gasteiger partial charge in [-0.25, -0.2) is 0 Å². The normalized spacial score (nSPS) is 12.1. The molecule has 3 aromatic rings. The molecule has 0 saturated carbocycles. The van der Waals surface area contributed by atoms with Crippen LogP contribution < -0.4 is 10.1 Å². The van der Waals surface area contributed by atoms with Gasteiger partial charge in [-0.15, -0.1) is 10.2 Å². The molecule has 1 N–H and O–H groups in total. The van der Waals surface area contributed by atoms with E-state index in [0.717, 1.165) is 5.56 Å². The summed E-state index contributed by atoms with van der Waals surface area (Å²) in [5.74, 6) is 0.206. The molecule has 1 heterocycles. The number of nitrogens with zero attached hydrogens (tertiary/aromatic N) is 3. The maximum absolute atomic E-state index is 12.7. The molecule has 32 heavy (non-hydrogen) atoms. The van der Waals surface area contributed by atoms with E-state index in [1.54, 1.807) is 14.0 Å². The van der Waals surface area contributed by atoms with E-state index in [-0.39, 0.29) is 16.7 Å². The SMILES string of the molecule is COCCn1c(S[C@@H](C)C(=O)Nc2ccc(OC(F)F)c(Cl)c2)nnc1-c1ccccc1. The number of rotatable bonds is 10. The van der Waals surface area contributed by atoms with Crippen LogP contribution >= 0.6 is 23.4 Å². The third-order valence-corrected chi connectivity index (χ3v) is 5.71. The Morgan fingerprint density at radius 1 is 1.22 bits per heavy atom. The van der Waals surface area contributed by atoms with E-state index < -0.39 is 11.9 Å². The van der Waals surface area contributed by atoms with Crippen LogP contribution in [0.1, 0.15) is 6.92 Å². The van der Waals surface area contributed by atoms with E-state index in [1.165, 1.54) is 30.0 Å². The van der Waals surface area contributed by atoms with Gasteiger partial charge in [-0.3, -0.25) is 9.36 Å². The van der Waals surface area contributed by atoms with Gasteiger partial charge in [0.25, 0.3) is 0 Å². The second-order valence-electron chi connectivity index (χ2n) is 6.59. The van der Waals surface area contributed by atoms with Gasteiger partial charge in [-0.05, 0) is 25.1 Å². The number of benzene rings is 2. The second-order valence-corrected chi connectivity index (χ2v) is 8.30. The fraction of sp³-hybridized carbons (Fsp3) is 0.286. The molecule has 0 aliphatic rings. The number of alkyl halides is 2. The first-order valence-electron chi connectivity index (χ1n) is 9.58. The summed E-state index contributed by atoms with van der Waals surface area (Å²) >= 11 is 7.19. The third kappa shape index (κ3) is 6.18. The Morgan fingerprint density at radius 2 is 1.97 bits per heavy atom. The minimum Gasteiger partial charge on any atom is -0.433 e. The fourth-order valence-corrected chi connectivity index (χ4v) is 3.89. The maximum Gasteiger partial charge on any atom is 0.387 e. The lowest BCUT2D eigenvalue weighted by atomic mass is 10.2. The van der Waals surface area contributed by atoms with Gasteiger partial charge in [-0.2, -0.15) is 8.78 Å². The van der Waals surface area contributed by atoms with Gasteiger partial charge in [-0.1, -0.05) is 53.7 Å². The van der Waals surface area contributed by atoms with Crippen molar-refractivity contribution in [3.8, 4) is 17.1 Å². The van der Waals surface area contributed by atoms with Crippen LogP contribution in [-0.2, 0) is 16.1 Å². The summed E-state index contributed by atoms with van der Waals surface area (Å²) in [6, 6.07) is 13.7. The molecule has 7 nitrogen and oxygen atoms in total. The minimum absolute atomic E-state index is 0.0322. The highest BCUT2D eigenvalue weighted by Gasteiger charge is 2.21. The van der Waals surface area contributed by atoms with Crippen molar-refractivity contribution in [3.63, 3.8) is 0 Å². The topological polar surface area (TPSA) is 78.3 Å². The largest absolute Gasteiger partial charge is 0.433 e. The summed E-state index contributed by atoms with van der Waals surface area (Å²) in [7, 11) is 1.61. The van der Waals surface area contributed by atoms with Crippen molar-refractivity contribution in [1.82, 2.24) is 14.8 Å². The fourth-order valence-electron chi connectivity index (χ4n) is 2.79. The number of ether oxygens (including phenoxy) is 2. The molecule has 0 radical (unpaired) electrons. The number of amides is 1. The van der Waals surface area contributed by atoms with Gasteiger partial charge in [0.15, 0.2) is 11.0 Å². The number of halogens is 3. The standard InChI is InChI=1S/C21H21ClF2N4O3S/c1-13(19(29)25-15-8-9-17(16(22)12-15)31-20(23)24)32-21-27-26-18(28(21)10-11-30-2)14-6-4-3-5-7-14/h3-9,12-13,20H,10-11H2,1-2H3,(H,25,29)/t13-/m0/s1. The van der Waals surface area contributed by atoms with Gasteiger partial charge in [0.2, 0.25) is 5.91 Å². The van der Waals surface area contributed by atoms with Crippen LogP contribution in [0.5, 0.6) is 5.75 Å². The van der Waals surface area contributed by atoms with Crippen LogP contribution in [0.15, 0.2) is 53.7 Å². The van der Waals surface area contributed by atoms with Gasteiger partial charge in [0, 0.05) is 18.4 Å². The van der Waals surface area contributed by atoms with Crippen molar-refractivity contribution < 1.29 is 23.0 Å². The van der Waals surface area contributed by atoms with Crippen LogP contribution in [0.3, 0.4) is 0 Å². The Kier molecular flexibility index (Phi) is 8.43. The van der Waals surface area contributed by atoms with E-state index in [9.17, 15) is 13.6 Å². The third-order valence-electron chi connectivity index (χ3n) is 4.33. The van der Waals surface area contributed by atoms with E-state index in [2.05, 4.69) is 20.3 Å². The first-order chi connectivity index (χ1) is 15.4. The predicted octanol–water partition coefficient (Wildman–Crippen LogP) is 4.97. The predicted molar refractivity (Wildman–Crippen MR) is 119 cm³/mol. The van der Waals surface area contributed by atoms with Crippen LogP contribution in [-0.4, -0.2) is 46.2 Å². The summed E-state index contributed by atoms with van der Waals surface area (Å²) in [5.41, 5.74) is 1.26. The molecule has 3 rings (SSSR count). The van der Waals surface area contributed by atoms with E-state index in [0.29, 0.717) is 29.8 Å². The Labute approximate surface area is 193 Å². The van der Waals surface area contributed by atoms with Gasteiger partial charge >= 0.3 is 6.61 Å².